The molecule has 0 bridgehead atoms. The van der Waals surface area contributed by atoms with Crippen molar-refractivity contribution < 1.29 is 14.0 Å². The van der Waals surface area contributed by atoms with Gasteiger partial charge < -0.3 is 16.4 Å². The third-order valence-corrected chi connectivity index (χ3v) is 4.56. The lowest BCUT2D eigenvalue weighted by Crippen LogP contribution is -2.48. The van der Waals surface area contributed by atoms with Gasteiger partial charge in [0, 0.05) is 17.6 Å². The molecular formula is C17H20FN3O2S. The van der Waals surface area contributed by atoms with Gasteiger partial charge in [-0.1, -0.05) is 6.07 Å². The molecule has 2 aromatic rings. The predicted molar refractivity (Wildman–Crippen MR) is 94.0 cm³/mol. The number of rotatable bonds is 5. The fraction of sp³-hybridized carbons (Fsp3) is 0.294. The minimum absolute atomic E-state index is 0.219. The Hall–Kier alpha value is -2.25. The number of benzene rings is 1. The number of halogens is 1. The number of hydrogen-bond donors (Lipinski definition) is 3. The summed E-state index contributed by atoms with van der Waals surface area (Å²) in [7, 11) is 0. The molecule has 0 spiro atoms. The van der Waals surface area contributed by atoms with Crippen molar-refractivity contribution in [2.75, 3.05) is 11.9 Å². The topological polar surface area (TPSA) is 84.2 Å². The van der Waals surface area contributed by atoms with Crippen LogP contribution in [0.5, 0.6) is 0 Å². The van der Waals surface area contributed by atoms with Crippen molar-refractivity contribution >= 4 is 28.2 Å². The van der Waals surface area contributed by atoms with E-state index >= 15 is 0 Å². The van der Waals surface area contributed by atoms with Gasteiger partial charge in [0.1, 0.15) is 5.82 Å². The number of carbonyl (C=O) groups is 2. The average Bonchev–Trinajstić information content (AvgIpc) is 2.87. The lowest BCUT2D eigenvalue weighted by atomic mass is 10.1. The maximum absolute atomic E-state index is 13.2. The van der Waals surface area contributed by atoms with E-state index in [0.717, 1.165) is 11.6 Å². The molecule has 7 heteroatoms. The first-order valence-electron chi connectivity index (χ1n) is 7.42. The molecule has 5 nitrogen and oxygen atoms in total. The maximum atomic E-state index is 13.2. The Morgan fingerprint density at radius 1 is 1.25 bits per heavy atom. The van der Waals surface area contributed by atoms with Crippen molar-refractivity contribution in [1.82, 2.24) is 5.32 Å². The van der Waals surface area contributed by atoms with E-state index in [1.165, 1.54) is 29.5 Å². The van der Waals surface area contributed by atoms with Gasteiger partial charge in [-0.25, -0.2) is 4.39 Å². The van der Waals surface area contributed by atoms with Crippen LogP contribution in [0, 0.1) is 12.7 Å². The van der Waals surface area contributed by atoms with Gasteiger partial charge in [0.25, 0.3) is 11.8 Å². The summed E-state index contributed by atoms with van der Waals surface area (Å²) in [6.45, 7) is 5.77. The molecule has 1 aromatic carbocycles. The minimum Gasteiger partial charge on any atom is -0.345 e. The molecule has 0 atom stereocenters. The van der Waals surface area contributed by atoms with Crippen LogP contribution in [0.2, 0.25) is 0 Å². The zero-order valence-corrected chi connectivity index (χ0v) is 14.6. The molecule has 0 radical (unpaired) electrons. The van der Waals surface area contributed by atoms with Gasteiger partial charge in [0.2, 0.25) is 0 Å². The first kappa shape index (κ1) is 18.1. The second-order valence-electron chi connectivity index (χ2n) is 6.13. The highest BCUT2D eigenvalue weighted by molar-refractivity contribution is 7.18. The molecule has 2 rings (SSSR count). The van der Waals surface area contributed by atoms with Crippen LogP contribution in [0.4, 0.5) is 9.39 Å². The van der Waals surface area contributed by atoms with Gasteiger partial charge >= 0.3 is 0 Å². The number of carbonyl (C=O) groups excluding carboxylic acids is 2. The number of nitrogens with one attached hydrogen (secondary N) is 2. The number of aryl methyl sites for hydroxylation is 1. The summed E-state index contributed by atoms with van der Waals surface area (Å²) in [4.78, 5) is 25.0. The van der Waals surface area contributed by atoms with Crippen LogP contribution in [0.15, 0.2) is 30.3 Å². The standard InChI is InChI=1S/C17H20FN3O2S/c1-10-7-13(20-15(22)11-5-4-6-12(18)8-11)24-14(10)16(23)21-17(2,3)9-19/h4-8H,9,19H2,1-3H3,(H,20,22)(H,21,23). The molecule has 128 valence electrons. The van der Waals surface area contributed by atoms with E-state index in [9.17, 15) is 14.0 Å². The molecule has 0 aliphatic carbocycles. The number of hydrogen-bond acceptors (Lipinski definition) is 4. The van der Waals surface area contributed by atoms with Crippen LogP contribution in [0.1, 0.15) is 39.4 Å². The summed E-state index contributed by atoms with van der Waals surface area (Å²) in [6, 6.07) is 7.14. The summed E-state index contributed by atoms with van der Waals surface area (Å²) in [5, 5.41) is 6.07. The van der Waals surface area contributed by atoms with Gasteiger partial charge in [-0.05, 0) is 50.6 Å². The van der Waals surface area contributed by atoms with E-state index in [4.69, 9.17) is 5.73 Å². The van der Waals surface area contributed by atoms with E-state index < -0.39 is 17.3 Å². The van der Waals surface area contributed by atoms with Gasteiger partial charge in [0.05, 0.1) is 9.88 Å². The molecule has 0 fully saturated rings. The molecule has 1 aromatic heterocycles. The fourth-order valence-electron chi connectivity index (χ4n) is 2.00. The lowest BCUT2D eigenvalue weighted by molar-refractivity contribution is 0.0918. The molecule has 4 N–H and O–H groups in total. The Morgan fingerprint density at radius 3 is 2.58 bits per heavy atom. The number of amides is 2. The Bertz CT molecular complexity index is 771. The van der Waals surface area contributed by atoms with E-state index in [-0.39, 0.29) is 11.5 Å². The lowest BCUT2D eigenvalue weighted by Gasteiger charge is -2.23. The Morgan fingerprint density at radius 2 is 1.96 bits per heavy atom. The minimum atomic E-state index is -0.515. The molecule has 0 unspecified atom stereocenters. The summed E-state index contributed by atoms with van der Waals surface area (Å²) < 4.78 is 13.2. The van der Waals surface area contributed by atoms with E-state index in [0.29, 0.717) is 16.4 Å². The van der Waals surface area contributed by atoms with Crippen molar-refractivity contribution in [3.05, 3.63) is 52.2 Å². The third kappa shape index (κ3) is 4.39. The van der Waals surface area contributed by atoms with Crippen LogP contribution in [0.25, 0.3) is 0 Å². The molecule has 0 aliphatic heterocycles. The van der Waals surface area contributed by atoms with Crippen LogP contribution >= 0.6 is 11.3 Å². The van der Waals surface area contributed by atoms with Crippen molar-refractivity contribution in [3.63, 3.8) is 0 Å². The van der Waals surface area contributed by atoms with Crippen LogP contribution in [0.3, 0.4) is 0 Å². The monoisotopic (exact) mass is 349 g/mol. The van der Waals surface area contributed by atoms with E-state index in [1.807, 2.05) is 13.8 Å². The fourth-order valence-corrected chi connectivity index (χ4v) is 2.96. The smallest absolute Gasteiger partial charge is 0.262 e. The van der Waals surface area contributed by atoms with Crippen LogP contribution in [-0.4, -0.2) is 23.9 Å². The van der Waals surface area contributed by atoms with Crippen molar-refractivity contribution in [1.29, 1.82) is 0 Å². The third-order valence-electron chi connectivity index (χ3n) is 3.41. The zero-order chi connectivity index (χ0) is 17.9. The predicted octanol–water partition coefficient (Wildman–Crippen LogP) is 2.92. The molecule has 1 heterocycles. The summed E-state index contributed by atoms with van der Waals surface area (Å²) in [5.74, 6) is -1.14. The summed E-state index contributed by atoms with van der Waals surface area (Å²) in [6.07, 6.45) is 0. The van der Waals surface area contributed by atoms with E-state index in [1.54, 1.807) is 13.0 Å². The maximum Gasteiger partial charge on any atom is 0.262 e. The Kier molecular flexibility index (Phi) is 5.36. The highest BCUT2D eigenvalue weighted by atomic mass is 32.1. The molecule has 0 aliphatic rings. The van der Waals surface area contributed by atoms with Crippen molar-refractivity contribution in [2.45, 2.75) is 26.3 Å². The molecular weight excluding hydrogens is 329 g/mol. The Labute approximate surface area is 144 Å². The molecule has 0 saturated heterocycles. The van der Waals surface area contributed by atoms with Gasteiger partial charge in [0.15, 0.2) is 0 Å². The first-order valence-corrected chi connectivity index (χ1v) is 8.23. The SMILES string of the molecule is Cc1cc(NC(=O)c2cccc(F)c2)sc1C(=O)NC(C)(C)CN. The number of anilines is 1. The molecule has 0 saturated carbocycles. The average molecular weight is 349 g/mol. The van der Waals surface area contributed by atoms with Crippen molar-refractivity contribution in [3.8, 4) is 0 Å². The quantitative estimate of drug-likeness (QED) is 0.776. The first-order chi connectivity index (χ1) is 11.2. The number of nitrogens with two attached hydrogens (primary N) is 1. The Balaban J connectivity index is 2.14. The summed E-state index contributed by atoms with van der Waals surface area (Å²) >= 11 is 1.17. The second-order valence-corrected chi connectivity index (χ2v) is 7.18. The second kappa shape index (κ2) is 7.11. The van der Waals surface area contributed by atoms with Crippen LogP contribution in [-0.2, 0) is 0 Å². The summed E-state index contributed by atoms with van der Waals surface area (Å²) in [5.41, 5.74) is 6.07. The molecule has 2 amide bonds. The normalized spacial score (nSPS) is 11.2. The van der Waals surface area contributed by atoms with Crippen molar-refractivity contribution in [2.24, 2.45) is 5.73 Å². The van der Waals surface area contributed by atoms with Gasteiger partial charge in [-0.3, -0.25) is 9.59 Å². The highest BCUT2D eigenvalue weighted by Gasteiger charge is 2.22. The van der Waals surface area contributed by atoms with Gasteiger partial charge in [-0.2, -0.15) is 0 Å². The largest absolute Gasteiger partial charge is 0.345 e. The zero-order valence-electron chi connectivity index (χ0n) is 13.8. The molecule has 24 heavy (non-hydrogen) atoms. The number of thiophene rings is 1. The van der Waals surface area contributed by atoms with Crippen LogP contribution < -0.4 is 16.4 Å². The van der Waals surface area contributed by atoms with Gasteiger partial charge in [-0.15, -0.1) is 11.3 Å². The highest BCUT2D eigenvalue weighted by Crippen LogP contribution is 2.27. The van der Waals surface area contributed by atoms with E-state index in [2.05, 4.69) is 10.6 Å².